The molecule has 0 radical (unpaired) electrons. The number of carbonyl (C=O) groups is 2. The molecule has 0 bridgehead atoms. The van der Waals surface area contributed by atoms with E-state index in [2.05, 4.69) is 87.5 Å². The molecular formula is C31H34N4O2. The zero-order chi connectivity index (χ0) is 25.5. The van der Waals surface area contributed by atoms with Crippen LogP contribution >= 0.6 is 0 Å². The molecule has 2 amide bonds. The maximum absolute atomic E-state index is 14.0. The highest BCUT2D eigenvalue weighted by Crippen LogP contribution is 2.49. The van der Waals surface area contributed by atoms with Crippen molar-refractivity contribution in [1.82, 2.24) is 14.7 Å². The Balaban J connectivity index is 1.30. The molecule has 0 aromatic heterocycles. The standard InChI is InChI=1S/C31H34N4O2/c32-28(36)21-33-18-16-30(22-33)17-19-34(23-30)29(37)27-20-35(27)31(24-10-4-1-5-11-24,25-12-6-2-7-13-25)26-14-8-3-9-15-26/h1-15,27H,16-23H2,(H2,32,36)/t27?,30-,35-/m0/s1. The van der Waals surface area contributed by atoms with Gasteiger partial charge in [-0.15, -0.1) is 0 Å². The quantitative estimate of drug-likeness (QED) is 0.405. The van der Waals surface area contributed by atoms with Gasteiger partial charge in [-0.05, 0) is 36.1 Å². The molecule has 1 spiro atoms. The number of benzene rings is 3. The molecule has 6 nitrogen and oxygen atoms in total. The van der Waals surface area contributed by atoms with E-state index in [1.54, 1.807) is 0 Å². The third-order valence-corrected chi connectivity index (χ3v) is 8.55. The Labute approximate surface area is 218 Å². The molecule has 2 N–H and O–H groups in total. The molecule has 1 unspecified atom stereocenters. The number of rotatable bonds is 7. The number of hydrogen-bond acceptors (Lipinski definition) is 4. The molecule has 6 heteroatoms. The average molecular weight is 495 g/mol. The zero-order valence-electron chi connectivity index (χ0n) is 21.1. The van der Waals surface area contributed by atoms with Gasteiger partial charge in [0, 0.05) is 31.6 Å². The summed E-state index contributed by atoms with van der Waals surface area (Å²) in [6, 6.07) is 31.5. The Kier molecular flexibility index (Phi) is 6.09. The van der Waals surface area contributed by atoms with Crippen LogP contribution in [0.15, 0.2) is 91.0 Å². The van der Waals surface area contributed by atoms with E-state index in [0.717, 1.165) is 45.6 Å². The Morgan fingerprint density at radius 2 is 1.30 bits per heavy atom. The van der Waals surface area contributed by atoms with Crippen molar-refractivity contribution in [2.45, 2.75) is 24.4 Å². The van der Waals surface area contributed by atoms with Crippen molar-refractivity contribution in [3.8, 4) is 0 Å². The van der Waals surface area contributed by atoms with Gasteiger partial charge in [0.2, 0.25) is 11.8 Å². The lowest BCUT2D eigenvalue weighted by molar-refractivity contribution is -0.131. The number of primary amides is 1. The van der Waals surface area contributed by atoms with Crippen molar-refractivity contribution in [3.63, 3.8) is 0 Å². The number of likely N-dealkylation sites (tertiary alicyclic amines) is 2. The highest BCUT2D eigenvalue weighted by Gasteiger charge is 2.58. The van der Waals surface area contributed by atoms with E-state index in [1.807, 2.05) is 18.2 Å². The predicted octanol–water partition coefficient (Wildman–Crippen LogP) is 3.07. The van der Waals surface area contributed by atoms with E-state index < -0.39 is 5.54 Å². The van der Waals surface area contributed by atoms with Crippen LogP contribution in [0, 0.1) is 5.41 Å². The fraction of sp³-hybridized carbons (Fsp3) is 0.355. The van der Waals surface area contributed by atoms with Gasteiger partial charge >= 0.3 is 0 Å². The summed E-state index contributed by atoms with van der Waals surface area (Å²) in [5.74, 6) is -0.0620. The summed E-state index contributed by atoms with van der Waals surface area (Å²) in [7, 11) is 0. The molecule has 3 aliphatic heterocycles. The summed E-state index contributed by atoms with van der Waals surface area (Å²) in [6.45, 7) is 4.29. The summed E-state index contributed by atoms with van der Waals surface area (Å²) in [6.07, 6.45) is 2.00. The van der Waals surface area contributed by atoms with Crippen molar-refractivity contribution in [3.05, 3.63) is 108 Å². The molecule has 3 aliphatic rings. The second kappa shape index (κ2) is 9.43. The van der Waals surface area contributed by atoms with E-state index in [9.17, 15) is 9.59 Å². The Bertz CT molecular complexity index is 1170. The number of hydrogen-bond donors (Lipinski definition) is 1. The van der Waals surface area contributed by atoms with Gasteiger partial charge in [0.05, 0.1) is 12.1 Å². The van der Waals surface area contributed by atoms with E-state index in [1.165, 1.54) is 16.7 Å². The van der Waals surface area contributed by atoms with Gasteiger partial charge in [-0.1, -0.05) is 91.0 Å². The van der Waals surface area contributed by atoms with Crippen LogP contribution in [0.4, 0.5) is 0 Å². The lowest BCUT2D eigenvalue weighted by Gasteiger charge is -2.38. The van der Waals surface area contributed by atoms with Gasteiger partial charge in [0.25, 0.3) is 0 Å². The highest BCUT2D eigenvalue weighted by atomic mass is 16.2. The fourth-order valence-corrected chi connectivity index (χ4v) is 6.81. The normalized spacial score (nSPS) is 25.5. The first-order valence-corrected chi connectivity index (χ1v) is 13.2. The lowest BCUT2D eigenvalue weighted by Crippen LogP contribution is -2.43. The van der Waals surface area contributed by atoms with Crippen LogP contribution in [-0.2, 0) is 15.1 Å². The van der Waals surface area contributed by atoms with Crippen LogP contribution in [0.1, 0.15) is 29.5 Å². The molecule has 3 aromatic carbocycles. The summed E-state index contributed by atoms with van der Waals surface area (Å²) in [5, 5.41) is 0. The summed E-state index contributed by atoms with van der Waals surface area (Å²) in [4.78, 5) is 32.0. The van der Waals surface area contributed by atoms with Gasteiger partial charge in [0.15, 0.2) is 0 Å². The van der Waals surface area contributed by atoms with Gasteiger partial charge in [-0.25, -0.2) is 0 Å². The van der Waals surface area contributed by atoms with E-state index >= 15 is 0 Å². The van der Waals surface area contributed by atoms with Crippen LogP contribution in [0.25, 0.3) is 0 Å². The van der Waals surface area contributed by atoms with Crippen LogP contribution < -0.4 is 5.73 Å². The molecule has 3 saturated heterocycles. The number of nitrogens with two attached hydrogens (primary N) is 1. The first kappa shape index (κ1) is 23.9. The second-order valence-corrected chi connectivity index (χ2v) is 10.9. The number of amides is 2. The van der Waals surface area contributed by atoms with E-state index in [-0.39, 0.29) is 23.3 Å². The number of carbonyl (C=O) groups excluding carboxylic acids is 2. The van der Waals surface area contributed by atoms with Crippen molar-refractivity contribution >= 4 is 11.8 Å². The molecule has 3 heterocycles. The molecule has 0 aliphatic carbocycles. The van der Waals surface area contributed by atoms with Crippen LogP contribution in [0.3, 0.4) is 0 Å². The zero-order valence-corrected chi connectivity index (χ0v) is 21.1. The SMILES string of the molecule is NC(=O)CN1CC[C@]2(CCN(C(=O)C3C[N@]3C(c3ccccc3)(c3ccccc3)c3ccccc3)C2)C1. The van der Waals surface area contributed by atoms with Crippen molar-refractivity contribution < 1.29 is 9.59 Å². The molecule has 3 aromatic rings. The molecule has 6 rings (SSSR count). The predicted molar refractivity (Wildman–Crippen MR) is 144 cm³/mol. The third-order valence-electron chi connectivity index (χ3n) is 8.55. The monoisotopic (exact) mass is 494 g/mol. The minimum absolute atomic E-state index is 0.0835. The minimum Gasteiger partial charge on any atom is -0.369 e. The maximum atomic E-state index is 14.0. The molecular weight excluding hydrogens is 460 g/mol. The fourth-order valence-electron chi connectivity index (χ4n) is 6.81. The van der Waals surface area contributed by atoms with Crippen LogP contribution in [0.5, 0.6) is 0 Å². The van der Waals surface area contributed by atoms with Crippen molar-refractivity contribution in [2.75, 3.05) is 39.3 Å². The number of nitrogens with zero attached hydrogens (tertiary/aromatic N) is 3. The van der Waals surface area contributed by atoms with Crippen molar-refractivity contribution in [1.29, 1.82) is 0 Å². The summed E-state index contributed by atoms with van der Waals surface area (Å²) < 4.78 is 0. The Hall–Kier alpha value is -3.48. The molecule has 3 atom stereocenters. The summed E-state index contributed by atoms with van der Waals surface area (Å²) >= 11 is 0. The summed E-state index contributed by atoms with van der Waals surface area (Å²) in [5.41, 5.74) is 8.46. The van der Waals surface area contributed by atoms with E-state index in [0.29, 0.717) is 6.54 Å². The topological polar surface area (TPSA) is 69.7 Å². The van der Waals surface area contributed by atoms with Gasteiger partial charge in [-0.2, -0.15) is 0 Å². The Morgan fingerprint density at radius 3 is 1.81 bits per heavy atom. The third kappa shape index (κ3) is 4.24. The average Bonchev–Trinajstić information content (AvgIpc) is 3.46. The molecule has 37 heavy (non-hydrogen) atoms. The Morgan fingerprint density at radius 1 is 0.784 bits per heavy atom. The first-order valence-electron chi connectivity index (χ1n) is 13.2. The van der Waals surface area contributed by atoms with E-state index in [4.69, 9.17) is 5.73 Å². The molecule has 3 fully saturated rings. The largest absolute Gasteiger partial charge is 0.369 e. The van der Waals surface area contributed by atoms with Gasteiger partial charge in [0.1, 0.15) is 6.04 Å². The molecule has 190 valence electrons. The first-order chi connectivity index (χ1) is 18.0. The van der Waals surface area contributed by atoms with Crippen molar-refractivity contribution in [2.24, 2.45) is 11.1 Å². The highest BCUT2D eigenvalue weighted by molar-refractivity contribution is 5.86. The maximum Gasteiger partial charge on any atom is 0.241 e. The minimum atomic E-state index is -0.548. The van der Waals surface area contributed by atoms with Gasteiger partial charge in [-0.3, -0.25) is 19.4 Å². The van der Waals surface area contributed by atoms with Gasteiger partial charge < -0.3 is 10.6 Å². The second-order valence-electron chi connectivity index (χ2n) is 10.9. The van der Waals surface area contributed by atoms with Crippen LogP contribution in [0.2, 0.25) is 0 Å². The van der Waals surface area contributed by atoms with Crippen LogP contribution in [-0.4, -0.2) is 71.8 Å². The molecule has 0 saturated carbocycles. The lowest BCUT2D eigenvalue weighted by atomic mass is 9.76. The smallest absolute Gasteiger partial charge is 0.241 e.